The number of likely N-dealkylation sites (N-methyl/N-ethyl adjacent to an activating group) is 2. The Morgan fingerprint density at radius 2 is 2.27 bits per heavy atom. The van der Waals surface area contributed by atoms with Crippen molar-refractivity contribution in [2.75, 3.05) is 39.8 Å². The van der Waals surface area contributed by atoms with Crippen molar-refractivity contribution in [1.82, 2.24) is 15.5 Å². The van der Waals surface area contributed by atoms with E-state index in [4.69, 9.17) is 0 Å². The molecule has 0 saturated carbocycles. The van der Waals surface area contributed by atoms with Crippen LogP contribution in [0.4, 0.5) is 0 Å². The first-order valence-corrected chi connectivity index (χ1v) is 4.47. The van der Waals surface area contributed by atoms with Crippen molar-refractivity contribution >= 4 is 0 Å². The number of nitrogens with one attached hydrogen (secondary N) is 2. The van der Waals surface area contributed by atoms with Crippen LogP contribution in [-0.2, 0) is 0 Å². The maximum atomic E-state index is 3.29. The normalized spacial score (nSPS) is 18.8. The molecule has 0 amide bonds. The third-order valence-corrected chi connectivity index (χ3v) is 2.33. The Labute approximate surface area is 69.1 Å². The monoisotopic (exact) mass is 157 g/mol. The predicted molar refractivity (Wildman–Crippen MR) is 47.8 cm³/mol. The molecular weight excluding hydrogens is 138 g/mol. The van der Waals surface area contributed by atoms with E-state index in [0.29, 0.717) is 0 Å². The van der Waals surface area contributed by atoms with Crippen LogP contribution in [0.2, 0.25) is 0 Å². The molecule has 1 aliphatic heterocycles. The second-order valence-electron chi connectivity index (χ2n) is 3.04. The first-order valence-electron chi connectivity index (χ1n) is 4.47. The molecule has 0 unspecified atom stereocenters. The molecule has 0 aromatic rings. The molecule has 2 N–H and O–H groups in total. The lowest BCUT2D eigenvalue weighted by Crippen LogP contribution is -2.58. The van der Waals surface area contributed by atoms with Gasteiger partial charge in [0.1, 0.15) is 0 Å². The summed E-state index contributed by atoms with van der Waals surface area (Å²) in [4.78, 5) is 2.52. The Morgan fingerprint density at radius 3 is 2.64 bits per heavy atom. The van der Waals surface area contributed by atoms with Crippen molar-refractivity contribution < 1.29 is 0 Å². The van der Waals surface area contributed by atoms with Gasteiger partial charge in [0.05, 0.1) is 0 Å². The molecule has 0 aliphatic carbocycles. The summed E-state index contributed by atoms with van der Waals surface area (Å²) in [7, 11) is 2.01. The van der Waals surface area contributed by atoms with Crippen LogP contribution in [0.3, 0.4) is 0 Å². The minimum atomic E-state index is 0.799. The zero-order chi connectivity index (χ0) is 8.10. The topological polar surface area (TPSA) is 27.3 Å². The molecule has 0 spiro atoms. The molecular formula is C8H19N3. The average molecular weight is 157 g/mol. The van der Waals surface area contributed by atoms with E-state index in [1.54, 1.807) is 0 Å². The van der Waals surface area contributed by atoms with Gasteiger partial charge in [-0.3, -0.25) is 4.90 Å². The van der Waals surface area contributed by atoms with E-state index in [0.717, 1.165) is 12.6 Å². The summed E-state index contributed by atoms with van der Waals surface area (Å²) in [5, 5.41) is 6.46. The van der Waals surface area contributed by atoms with Gasteiger partial charge in [0.2, 0.25) is 0 Å². The standard InChI is InChI=1S/C8H19N3/c1-3-11(5-4-9-2)8-6-10-7-8/h8-10H,3-7H2,1-2H3. The molecule has 0 aromatic carbocycles. The SMILES string of the molecule is CCN(CCNC)C1CNC1. The van der Waals surface area contributed by atoms with Gasteiger partial charge in [-0.1, -0.05) is 6.92 Å². The van der Waals surface area contributed by atoms with Crippen LogP contribution in [0.5, 0.6) is 0 Å². The lowest BCUT2D eigenvalue weighted by Gasteiger charge is -2.37. The van der Waals surface area contributed by atoms with Crippen LogP contribution in [-0.4, -0.2) is 50.7 Å². The van der Waals surface area contributed by atoms with Crippen molar-refractivity contribution in [3.63, 3.8) is 0 Å². The van der Waals surface area contributed by atoms with Crippen LogP contribution in [0.15, 0.2) is 0 Å². The van der Waals surface area contributed by atoms with Crippen LogP contribution < -0.4 is 10.6 Å². The van der Waals surface area contributed by atoms with Gasteiger partial charge in [0, 0.05) is 32.2 Å². The maximum Gasteiger partial charge on any atom is 0.0345 e. The average Bonchev–Trinajstić information content (AvgIpc) is 1.93. The van der Waals surface area contributed by atoms with Crippen LogP contribution in [0.1, 0.15) is 6.92 Å². The van der Waals surface area contributed by atoms with Crippen molar-refractivity contribution in [2.45, 2.75) is 13.0 Å². The highest BCUT2D eigenvalue weighted by Crippen LogP contribution is 2.02. The van der Waals surface area contributed by atoms with Gasteiger partial charge < -0.3 is 10.6 Å². The highest BCUT2D eigenvalue weighted by Gasteiger charge is 2.22. The molecule has 0 radical (unpaired) electrons. The smallest absolute Gasteiger partial charge is 0.0345 e. The van der Waals surface area contributed by atoms with E-state index in [1.807, 2.05) is 7.05 Å². The zero-order valence-corrected chi connectivity index (χ0v) is 7.56. The quantitative estimate of drug-likeness (QED) is 0.563. The lowest BCUT2D eigenvalue weighted by molar-refractivity contribution is 0.154. The third kappa shape index (κ3) is 2.43. The molecule has 1 rings (SSSR count). The summed E-state index contributed by atoms with van der Waals surface area (Å²) in [6.07, 6.45) is 0. The summed E-state index contributed by atoms with van der Waals surface area (Å²) in [6.45, 7) is 8.04. The highest BCUT2D eigenvalue weighted by atomic mass is 15.2. The molecule has 3 heteroatoms. The lowest BCUT2D eigenvalue weighted by atomic mass is 10.1. The van der Waals surface area contributed by atoms with Gasteiger partial charge >= 0.3 is 0 Å². The first-order chi connectivity index (χ1) is 5.38. The van der Waals surface area contributed by atoms with Crippen LogP contribution >= 0.6 is 0 Å². The number of nitrogens with zero attached hydrogens (tertiary/aromatic N) is 1. The second kappa shape index (κ2) is 4.70. The fourth-order valence-electron chi connectivity index (χ4n) is 1.39. The van der Waals surface area contributed by atoms with Crippen molar-refractivity contribution in [3.05, 3.63) is 0 Å². The fraction of sp³-hybridized carbons (Fsp3) is 1.00. The zero-order valence-electron chi connectivity index (χ0n) is 7.56. The molecule has 11 heavy (non-hydrogen) atoms. The van der Waals surface area contributed by atoms with E-state index >= 15 is 0 Å². The second-order valence-corrected chi connectivity index (χ2v) is 3.04. The number of rotatable bonds is 5. The van der Waals surface area contributed by atoms with Crippen molar-refractivity contribution in [1.29, 1.82) is 0 Å². The Balaban J connectivity index is 2.13. The number of hydrogen-bond donors (Lipinski definition) is 2. The summed E-state index contributed by atoms with van der Waals surface area (Å²) in [5.41, 5.74) is 0. The molecule has 66 valence electrons. The van der Waals surface area contributed by atoms with E-state index in [1.165, 1.54) is 26.2 Å². The molecule has 0 aromatic heterocycles. The Bertz CT molecular complexity index is 102. The van der Waals surface area contributed by atoms with E-state index in [-0.39, 0.29) is 0 Å². The molecule has 0 bridgehead atoms. The Morgan fingerprint density at radius 1 is 1.55 bits per heavy atom. The van der Waals surface area contributed by atoms with Gasteiger partial charge in [-0.15, -0.1) is 0 Å². The van der Waals surface area contributed by atoms with Gasteiger partial charge in [-0.25, -0.2) is 0 Å². The number of hydrogen-bond acceptors (Lipinski definition) is 3. The highest BCUT2D eigenvalue weighted by molar-refractivity contribution is 4.83. The predicted octanol–water partition coefficient (Wildman–Crippen LogP) is -0.500. The van der Waals surface area contributed by atoms with Gasteiger partial charge in [0.15, 0.2) is 0 Å². The van der Waals surface area contributed by atoms with Crippen LogP contribution in [0, 0.1) is 0 Å². The third-order valence-electron chi connectivity index (χ3n) is 2.33. The van der Waals surface area contributed by atoms with E-state index in [9.17, 15) is 0 Å². The van der Waals surface area contributed by atoms with Gasteiger partial charge in [-0.05, 0) is 13.6 Å². The van der Waals surface area contributed by atoms with E-state index in [2.05, 4.69) is 22.5 Å². The molecule has 3 nitrogen and oxygen atoms in total. The molecule has 1 fully saturated rings. The maximum absolute atomic E-state index is 3.29. The van der Waals surface area contributed by atoms with Crippen molar-refractivity contribution in [3.8, 4) is 0 Å². The summed E-state index contributed by atoms with van der Waals surface area (Å²) >= 11 is 0. The molecule has 0 atom stereocenters. The summed E-state index contributed by atoms with van der Waals surface area (Å²) in [6, 6.07) is 0.799. The summed E-state index contributed by atoms with van der Waals surface area (Å²) < 4.78 is 0. The Kier molecular flexibility index (Phi) is 3.83. The molecule has 1 heterocycles. The van der Waals surface area contributed by atoms with Crippen molar-refractivity contribution in [2.24, 2.45) is 0 Å². The first kappa shape index (κ1) is 8.97. The minimum Gasteiger partial charge on any atom is -0.318 e. The van der Waals surface area contributed by atoms with Gasteiger partial charge in [-0.2, -0.15) is 0 Å². The Hall–Kier alpha value is -0.120. The van der Waals surface area contributed by atoms with Crippen LogP contribution in [0.25, 0.3) is 0 Å². The molecule has 1 saturated heterocycles. The van der Waals surface area contributed by atoms with E-state index < -0.39 is 0 Å². The largest absolute Gasteiger partial charge is 0.318 e. The fourth-order valence-corrected chi connectivity index (χ4v) is 1.39. The summed E-state index contributed by atoms with van der Waals surface area (Å²) in [5.74, 6) is 0. The molecule has 1 aliphatic rings. The minimum absolute atomic E-state index is 0.799. The van der Waals surface area contributed by atoms with Gasteiger partial charge in [0.25, 0.3) is 0 Å².